The lowest BCUT2D eigenvalue weighted by molar-refractivity contribution is -0.113. The number of aryl methyl sites for hydroxylation is 1. The van der Waals surface area contributed by atoms with E-state index in [1.807, 2.05) is 31.2 Å². The van der Waals surface area contributed by atoms with Crippen molar-refractivity contribution in [3.8, 4) is 5.75 Å². The maximum Gasteiger partial charge on any atom is 0.251 e. The van der Waals surface area contributed by atoms with Crippen LogP contribution in [0.3, 0.4) is 0 Å². The molecule has 0 radical (unpaired) electrons. The van der Waals surface area contributed by atoms with Gasteiger partial charge in [0.15, 0.2) is 11.0 Å². The third-order valence-corrected chi connectivity index (χ3v) is 5.81. The molecule has 0 aliphatic heterocycles. The minimum Gasteiger partial charge on any atom is -0.497 e. The molecule has 9 nitrogen and oxygen atoms in total. The zero-order chi connectivity index (χ0) is 24.5. The Morgan fingerprint density at radius 3 is 2.65 bits per heavy atom. The van der Waals surface area contributed by atoms with Gasteiger partial charge in [-0.2, -0.15) is 0 Å². The van der Waals surface area contributed by atoms with Crippen LogP contribution in [0.5, 0.6) is 5.75 Å². The van der Waals surface area contributed by atoms with Gasteiger partial charge in [-0.25, -0.2) is 0 Å². The minimum atomic E-state index is -0.794. The summed E-state index contributed by atoms with van der Waals surface area (Å²) in [6.45, 7) is 5.68. The summed E-state index contributed by atoms with van der Waals surface area (Å²) in [5, 5.41) is 24.4. The first-order valence-corrected chi connectivity index (χ1v) is 11.5. The van der Waals surface area contributed by atoms with Crippen molar-refractivity contribution in [1.29, 1.82) is 0 Å². The number of anilines is 1. The van der Waals surface area contributed by atoms with Crippen LogP contribution >= 0.6 is 11.8 Å². The van der Waals surface area contributed by atoms with Crippen LogP contribution in [0.25, 0.3) is 0 Å². The van der Waals surface area contributed by atoms with Gasteiger partial charge >= 0.3 is 0 Å². The van der Waals surface area contributed by atoms with E-state index >= 15 is 0 Å². The van der Waals surface area contributed by atoms with E-state index in [0.717, 1.165) is 11.3 Å². The second-order valence-electron chi connectivity index (χ2n) is 7.38. The van der Waals surface area contributed by atoms with Gasteiger partial charge < -0.3 is 25.0 Å². The van der Waals surface area contributed by atoms with Crippen molar-refractivity contribution in [2.45, 2.75) is 24.7 Å². The minimum absolute atomic E-state index is 0.116. The molecule has 10 heteroatoms. The smallest absolute Gasteiger partial charge is 0.251 e. The van der Waals surface area contributed by atoms with E-state index in [-0.39, 0.29) is 24.2 Å². The first-order chi connectivity index (χ1) is 16.4. The number of carbonyl (C=O) groups is 2. The number of methoxy groups -OCH3 is 1. The highest BCUT2D eigenvalue weighted by Crippen LogP contribution is 2.22. The molecule has 0 fully saturated rings. The van der Waals surface area contributed by atoms with E-state index in [9.17, 15) is 14.7 Å². The highest BCUT2D eigenvalue weighted by atomic mass is 32.2. The molecule has 2 aromatic carbocycles. The van der Waals surface area contributed by atoms with Crippen LogP contribution < -0.4 is 15.4 Å². The van der Waals surface area contributed by atoms with Crippen LogP contribution in [0.15, 0.2) is 66.3 Å². The highest BCUT2D eigenvalue weighted by molar-refractivity contribution is 7.99. The van der Waals surface area contributed by atoms with Crippen molar-refractivity contribution in [2.24, 2.45) is 0 Å². The Morgan fingerprint density at radius 2 is 2.00 bits per heavy atom. The quantitative estimate of drug-likeness (QED) is 0.285. The van der Waals surface area contributed by atoms with E-state index in [2.05, 4.69) is 27.4 Å². The van der Waals surface area contributed by atoms with E-state index in [1.165, 1.54) is 11.8 Å². The van der Waals surface area contributed by atoms with E-state index in [0.29, 0.717) is 28.8 Å². The maximum atomic E-state index is 12.7. The Kier molecular flexibility index (Phi) is 8.83. The summed E-state index contributed by atoms with van der Waals surface area (Å²) in [6.07, 6.45) is 1.66. The highest BCUT2D eigenvalue weighted by Gasteiger charge is 2.23. The number of aromatic nitrogens is 3. The molecular weight excluding hydrogens is 454 g/mol. The Bertz CT molecular complexity index is 1150. The number of aliphatic hydroxyl groups is 1. The van der Waals surface area contributed by atoms with Crippen LogP contribution in [0.4, 0.5) is 5.69 Å². The second-order valence-corrected chi connectivity index (χ2v) is 8.33. The van der Waals surface area contributed by atoms with E-state index in [4.69, 9.17) is 4.74 Å². The third-order valence-electron chi connectivity index (χ3n) is 4.84. The SMILES string of the molecule is C=CCn1c(SCC(=O)Nc2cccc(C)c2)nnc1C(CO)NC(=O)c1ccc(OC)cc1. The van der Waals surface area contributed by atoms with Gasteiger partial charge in [-0.3, -0.25) is 9.59 Å². The summed E-state index contributed by atoms with van der Waals surface area (Å²) in [5.41, 5.74) is 2.18. The number of nitrogens with zero attached hydrogens (tertiary/aromatic N) is 3. The van der Waals surface area contributed by atoms with Gasteiger partial charge in [0.2, 0.25) is 5.91 Å². The fraction of sp³-hybridized carbons (Fsp3) is 0.250. The molecule has 0 spiro atoms. The Balaban J connectivity index is 1.69. The molecule has 0 aliphatic carbocycles. The van der Waals surface area contributed by atoms with Crippen LogP contribution in [0.2, 0.25) is 0 Å². The van der Waals surface area contributed by atoms with Crippen LogP contribution in [-0.4, -0.2) is 51.2 Å². The van der Waals surface area contributed by atoms with Gasteiger partial charge in [0.1, 0.15) is 11.8 Å². The molecule has 0 saturated carbocycles. The molecular formula is C24H27N5O4S. The molecule has 2 amide bonds. The van der Waals surface area contributed by atoms with Crippen molar-refractivity contribution >= 4 is 29.3 Å². The number of nitrogens with one attached hydrogen (secondary N) is 2. The summed E-state index contributed by atoms with van der Waals surface area (Å²) in [4.78, 5) is 25.1. The molecule has 1 heterocycles. The van der Waals surface area contributed by atoms with Crippen molar-refractivity contribution in [3.63, 3.8) is 0 Å². The molecule has 178 valence electrons. The largest absolute Gasteiger partial charge is 0.497 e. The van der Waals surface area contributed by atoms with Gasteiger partial charge in [0.25, 0.3) is 5.91 Å². The molecule has 0 bridgehead atoms. The lowest BCUT2D eigenvalue weighted by Gasteiger charge is -2.17. The van der Waals surface area contributed by atoms with Gasteiger partial charge in [-0.1, -0.05) is 30.0 Å². The fourth-order valence-corrected chi connectivity index (χ4v) is 3.95. The van der Waals surface area contributed by atoms with Crippen LogP contribution in [-0.2, 0) is 11.3 Å². The Hall–Kier alpha value is -3.63. The second kappa shape index (κ2) is 12.0. The summed E-state index contributed by atoms with van der Waals surface area (Å²) in [6, 6.07) is 13.4. The predicted molar refractivity (Wildman–Crippen MR) is 131 cm³/mol. The molecule has 34 heavy (non-hydrogen) atoms. The summed E-state index contributed by atoms with van der Waals surface area (Å²) in [5.74, 6) is 0.559. The molecule has 0 aliphatic rings. The van der Waals surface area contributed by atoms with Crippen molar-refractivity contribution in [1.82, 2.24) is 20.1 Å². The average molecular weight is 482 g/mol. The molecule has 1 atom stereocenters. The van der Waals surface area contributed by atoms with Crippen LogP contribution in [0, 0.1) is 6.92 Å². The summed E-state index contributed by atoms with van der Waals surface area (Å²) < 4.78 is 6.83. The monoisotopic (exact) mass is 481 g/mol. The zero-order valence-electron chi connectivity index (χ0n) is 19.0. The number of thioether (sulfide) groups is 1. The molecule has 1 unspecified atom stereocenters. The van der Waals surface area contributed by atoms with E-state index < -0.39 is 6.04 Å². The zero-order valence-corrected chi connectivity index (χ0v) is 19.8. The van der Waals surface area contributed by atoms with Gasteiger partial charge in [-0.05, 0) is 48.9 Å². The van der Waals surface area contributed by atoms with Crippen LogP contribution in [0.1, 0.15) is 27.8 Å². The van der Waals surface area contributed by atoms with Crippen molar-refractivity contribution in [3.05, 3.63) is 78.1 Å². The number of amides is 2. The lowest BCUT2D eigenvalue weighted by atomic mass is 10.2. The van der Waals surface area contributed by atoms with Crippen molar-refractivity contribution < 1.29 is 19.4 Å². The number of aliphatic hydroxyl groups excluding tert-OH is 1. The first kappa shape index (κ1) is 25.0. The normalized spacial score (nSPS) is 11.5. The lowest BCUT2D eigenvalue weighted by Crippen LogP contribution is -2.33. The Morgan fingerprint density at radius 1 is 1.24 bits per heavy atom. The van der Waals surface area contributed by atoms with Gasteiger partial charge in [0.05, 0.1) is 19.5 Å². The molecule has 3 rings (SSSR count). The molecule has 3 aromatic rings. The maximum absolute atomic E-state index is 12.7. The number of hydrogen-bond donors (Lipinski definition) is 3. The van der Waals surface area contributed by atoms with E-state index in [1.54, 1.807) is 42.0 Å². The first-order valence-electron chi connectivity index (χ1n) is 10.5. The van der Waals surface area contributed by atoms with Gasteiger partial charge in [0, 0.05) is 17.8 Å². The number of carbonyl (C=O) groups excluding carboxylic acids is 2. The van der Waals surface area contributed by atoms with Crippen molar-refractivity contribution in [2.75, 3.05) is 24.8 Å². The summed E-state index contributed by atoms with van der Waals surface area (Å²) >= 11 is 1.21. The number of benzene rings is 2. The third kappa shape index (κ3) is 6.46. The average Bonchev–Trinajstić information content (AvgIpc) is 3.23. The summed E-state index contributed by atoms with van der Waals surface area (Å²) in [7, 11) is 1.55. The molecule has 1 aromatic heterocycles. The number of rotatable bonds is 11. The standard InChI is InChI=1S/C24H27N5O4S/c1-4-12-29-22(20(14-30)26-23(32)17-8-10-19(33-3)11-9-17)27-28-24(29)34-15-21(31)25-18-7-5-6-16(2)13-18/h4-11,13,20,30H,1,12,14-15H2,2-3H3,(H,25,31)(H,26,32). The number of hydrogen-bond acceptors (Lipinski definition) is 7. The fourth-order valence-electron chi connectivity index (χ4n) is 3.19. The topological polar surface area (TPSA) is 118 Å². The number of allylic oxidation sites excluding steroid dienone is 1. The predicted octanol–water partition coefficient (Wildman–Crippen LogP) is 2.98. The molecule has 3 N–H and O–H groups in total. The van der Waals surface area contributed by atoms with Gasteiger partial charge in [-0.15, -0.1) is 16.8 Å². The Labute approximate surface area is 202 Å². The molecule has 0 saturated heterocycles. The number of ether oxygens (including phenoxy) is 1.